The minimum absolute atomic E-state index is 0.399. The molecule has 0 amide bonds. The lowest BCUT2D eigenvalue weighted by Gasteiger charge is -2.59. The van der Waals surface area contributed by atoms with Gasteiger partial charge in [0.1, 0.15) is 11.5 Å². The van der Waals surface area contributed by atoms with Gasteiger partial charge >= 0.3 is 0 Å². The molecule has 5 rings (SSSR count). The van der Waals surface area contributed by atoms with E-state index in [1.807, 2.05) is 18.2 Å². The summed E-state index contributed by atoms with van der Waals surface area (Å²) >= 11 is 0. The molecule has 3 heteroatoms. The van der Waals surface area contributed by atoms with Crippen LogP contribution in [0.15, 0.2) is 18.2 Å². The minimum Gasteiger partial charge on any atom is -0.497 e. The van der Waals surface area contributed by atoms with E-state index in [9.17, 15) is 5.11 Å². The Labute approximate surface area is 126 Å². The SMILES string of the molecule is COc1ccc(C2(O)C3CC4CC(C3)CC2C4)c(OC)c1. The summed E-state index contributed by atoms with van der Waals surface area (Å²) in [7, 11) is 3.34. The van der Waals surface area contributed by atoms with Crippen LogP contribution in [0.3, 0.4) is 0 Å². The smallest absolute Gasteiger partial charge is 0.128 e. The lowest BCUT2D eigenvalue weighted by Crippen LogP contribution is -2.55. The van der Waals surface area contributed by atoms with Crippen LogP contribution in [-0.4, -0.2) is 19.3 Å². The molecule has 0 aliphatic heterocycles. The van der Waals surface area contributed by atoms with Crippen molar-refractivity contribution in [2.24, 2.45) is 23.7 Å². The minimum atomic E-state index is -0.703. The van der Waals surface area contributed by atoms with E-state index in [1.54, 1.807) is 14.2 Å². The molecular formula is C18H24O3. The number of ether oxygens (including phenoxy) is 2. The maximum absolute atomic E-state index is 11.6. The molecule has 4 saturated carbocycles. The molecule has 0 saturated heterocycles. The summed E-state index contributed by atoms with van der Waals surface area (Å²) in [6.07, 6.45) is 6.11. The summed E-state index contributed by atoms with van der Waals surface area (Å²) in [4.78, 5) is 0. The van der Waals surface area contributed by atoms with Crippen LogP contribution < -0.4 is 9.47 Å². The second-order valence-electron chi connectivity index (χ2n) is 7.20. The third kappa shape index (κ3) is 1.83. The molecule has 0 spiro atoms. The highest BCUT2D eigenvalue weighted by Crippen LogP contribution is 2.62. The average Bonchev–Trinajstić information content (AvgIpc) is 2.51. The van der Waals surface area contributed by atoms with Crippen LogP contribution in [0.2, 0.25) is 0 Å². The molecule has 0 aromatic heterocycles. The normalized spacial score (nSPS) is 40.3. The second kappa shape index (κ2) is 4.64. The predicted molar refractivity (Wildman–Crippen MR) is 80.5 cm³/mol. The van der Waals surface area contributed by atoms with E-state index in [0.29, 0.717) is 11.8 Å². The lowest BCUT2D eigenvalue weighted by molar-refractivity contribution is -0.180. The van der Waals surface area contributed by atoms with Gasteiger partial charge in [0.05, 0.1) is 19.8 Å². The molecule has 4 aliphatic rings. The van der Waals surface area contributed by atoms with Gasteiger partial charge in [-0.05, 0) is 67.9 Å². The topological polar surface area (TPSA) is 38.7 Å². The van der Waals surface area contributed by atoms with Crippen LogP contribution in [0, 0.1) is 23.7 Å². The fourth-order valence-corrected chi connectivity index (χ4v) is 5.47. The molecule has 0 unspecified atom stereocenters. The monoisotopic (exact) mass is 288 g/mol. The summed E-state index contributed by atoms with van der Waals surface area (Å²) < 4.78 is 10.9. The van der Waals surface area contributed by atoms with Crippen LogP contribution in [-0.2, 0) is 5.60 Å². The number of hydrogen-bond acceptors (Lipinski definition) is 3. The van der Waals surface area contributed by atoms with Crippen molar-refractivity contribution in [3.63, 3.8) is 0 Å². The average molecular weight is 288 g/mol. The van der Waals surface area contributed by atoms with Gasteiger partial charge in [-0.25, -0.2) is 0 Å². The molecule has 1 aromatic carbocycles. The highest BCUT2D eigenvalue weighted by Gasteiger charge is 2.58. The first-order chi connectivity index (χ1) is 10.1. The van der Waals surface area contributed by atoms with Crippen LogP contribution in [0.5, 0.6) is 11.5 Å². The molecule has 21 heavy (non-hydrogen) atoms. The Morgan fingerprint density at radius 3 is 2.10 bits per heavy atom. The van der Waals surface area contributed by atoms with Crippen molar-refractivity contribution in [1.82, 2.24) is 0 Å². The molecule has 4 bridgehead atoms. The molecule has 0 atom stereocenters. The third-order valence-electron chi connectivity index (χ3n) is 6.22. The zero-order valence-electron chi connectivity index (χ0n) is 12.8. The highest BCUT2D eigenvalue weighted by atomic mass is 16.5. The Hall–Kier alpha value is -1.22. The quantitative estimate of drug-likeness (QED) is 0.927. The van der Waals surface area contributed by atoms with Crippen molar-refractivity contribution in [3.8, 4) is 11.5 Å². The van der Waals surface area contributed by atoms with E-state index in [2.05, 4.69) is 0 Å². The Balaban J connectivity index is 1.78. The van der Waals surface area contributed by atoms with Crippen LogP contribution in [0.4, 0.5) is 0 Å². The van der Waals surface area contributed by atoms with E-state index < -0.39 is 5.60 Å². The number of benzene rings is 1. The van der Waals surface area contributed by atoms with Gasteiger partial charge < -0.3 is 14.6 Å². The number of methoxy groups -OCH3 is 2. The molecule has 4 aliphatic carbocycles. The molecule has 1 aromatic rings. The molecule has 3 nitrogen and oxygen atoms in total. The van der Waals surface area contributed by atoms with Gasteiger partial charge in [0.15, 0.2) is 0 Å². The van der Waals surface area contributed by atoms with E-state index in [0.717, 1.165) is 28.9 Å². The molecule has 1 N–H and O–H groups in total. The van der Waals surface area contributed by atoms with Gasteiger partial charge in [0.25, 0.3) is 0 Å². The first-order valence-electron chi connectivity index (χ1n) is 8.10. The van der Waals surface area contributed by atoms with E-state index >= 15 is 0 Å². The highest BCUT2D eigenvalue weighted by molar-refractivity contribution is 5.45. The molecule has 114 valence electrons. The summed E-state index contributed by atoms with van der Waals surface area (Å²) in [6, 6.07) is 5.86. The molecule has 0 radical (unpaired) electrons. The molecule has 0 heterocycles. The van der Waals surface area contributed by atoms with Crippen LogP contribution in [0.1, 0.15) is 37.7 Å². The first kappa shape index (κ1) is 13.4. The zero-order valence-corrected chi connectivity index (χ0v) is 12.8. The van der Waals surface area contributed by atoms with Crippen LogP contribution >= 0.6 is 0 Å². The van der Waals surface area contributed by atoms with Crippen molar-refractivity contribution in [2.75, 3.05) is 14.2 Å². The van der Waals surface area contributed by atoms with Crippen molar-refractivity contribution >= 4 is 0 Å². The summed E-state index contributed by atoms with van der Waals surface area (Å²) in [5.74, 6) is 4.04. The lowest BCUT2D eigenvalue weighted by atomic mass is 9.48. The number of rotatable bonds is 3. The largest absolute Gasteiger partial charge is 0.497 e. The van der Waals surface area contributed by atoms with Gasteiger partial charge in [-0.1, -0.05) is 0 Å². The van der Waals surface area contributed by atoms with Crippen molar-refractivity contribution < 1.29 is 14.6 Å². The van der Waals surface area contributed by atoms with Gasteiger partial charge in [-0.3, -0.25) is 0 Å². The fourth-order valence-electron chi connectivity index (χ4n) is 5.47. The Kier molecular flexibility index (Phi) is 2.97. The summed E-state index contributed by atoms with van der Waals surface area (Å²) in [5, 5.41) is 11.6. The Morgan fingerprint density at radius 1 is 0.952 bits per heavy atom. The van der Waals surface area contributed by atoms with Crippen LogP contribution in [0.25, 0.3) is 0 Å². The Bertz CT molecular complexity index is 523. The van der Waals surface area contributed by atoms with E-state index in [1.165, 1.54) is 32.1 Å². The van der Waals surface area contributed by atoms with Crippen molar-refractivity contribution in [1.29, 1.82) is 0 Å². The van der Waals surface area contributed by atoms with Gasteiger partial charge in [-0.2, -0.15) is 0 Å². The fraction of sp³-hybridized carbons (Fsp3) is 0.667. The number of aliphatic hydroxyl groups is 1. The summed E-state index contributed by atoms with van der Waals surface area (Å²) in [5.41, 5.74) is 0.269. The standard InChI is InChI=1S/C18H24O3/c1-20-15-3-4-16(17(10-15)21-2)18(19)13-6-11-5-12(8-13)9-14(18)7-11/h3-4,10-14,19H,5-9H2,1-2H3. The predicted octanol–water partition coefficient (Wildman–Crippen LogP) is 3.35. The van der Waals surface area contributed by atoms with Crippen molar-refractivity contribution in [3.05, 3.63) is 23.8 Å². The maximum Gasteiger partial charge on any atom is 0.128 e. The van der Waals surface area contributed by atoms with E-state index in [4.69, 9.17) is 9.47 Å². The molecular weight excluding hydrogens is 264 g/mol. The first-order valence-corrected chi connectivity index (χ1v) is 8.10. The second-order valence-corrected chi connectivity index (χ2v) is 7.20. The zero-order chi connectivity index (χ0) is 14.6. The number of hydrogen-bond donors (Lipinski definition) is 1. The molecule has 4 fully saturated rings. The van der Waals surface area contributed by atoms with Gasteiger partial charge in [0.2, 0.25) is 0 Å². The van der Waals surface area contributed by atoms with Gasteiger partial charge in [0, 0.05) is 11.6 Å². The maximum atomic E-state index is 11.6. The van der Waals surface area contributed by atoms with Crippen molar-refractivity contribution in [2.45, 2.75) is 37.7 Å². The third-order valence-corrected chi connectivity index (χ3v) is 6.22. The van der Waals surface area contributed by atoms with E-state index in [-0.39, 0.29) is 0 Å². The summed E-state index contributed by atoms with van der Waals surface area (Å²) in [6.45, 7) is 0. The van der Waals surface area contributed by atoms with Gasteiger partial charge in [-0.15, -0.1) is 0 Å². The Morgan fingerprint density at radius 2 is 1.57 bits per heavy atom.